The molecule has 1 aromatic carbocycles. The number of hydrogen-bond donors (Lipinski definition) is 2. The van der Waals surface area contributed by atoms with Crippen LogP contribution >= 0.6 is 11.3 Å². The van der Waals surface area contributed by atoms with Crippen LogP contribution in [0.15, 0.2) is 18.2 Å². The zero-order chi connectivity index (χ0) is 22.3. The number of aliphatic carboxylic acids is 1. The van der Waals surface area contributed by atoms with Crippen molar-refractivity contribution in [2.24, 2.45) is 5.92 Å². The van der Waals surface area contributed by atoms with Crippen LogP contribution in [0.3, 0.4) is 0 Å². The van der Waals surface area contributed by atoms with E-state index in [4.69, 9.17) is 4.74 Å². The van der Waals surface area contributed by atoms with Crippen molar-refractivity contribution in [3.05, 3.63) is 28.8 Å². The van der Waals surface area contributed by atoms with Gasteiger partial charge in [-0.2, -0.15) is 0 Å². The van der Waals surface area contributed by atoms with Gasteiger partial charge in [0.1, 0.15) is 5.01 Å². The second-order valence-corrected chi connectivity index (χ2v) is 10.9. The largest absolute Gasteiger partial charge is 0.481 e. The molecular formula is C24H32N4O3S. The summed E-state index contributed by atoms with van der Waals surface area (Å²) in [5.41, 5.74) is 2.18. The molecule has 1 aromatic heterocycles. The first-order valence-corrected chi connectivity index (χ1v) is 12.6. The number of rotatable bonds is 9. The maximum Gasteiger partial charge on any atom is 0.314 e. The first-order valence-electron chi connectivity index (χ1n) is 11.8. The summed E-state index contributed by atoms with van der Waals surface area (Å²) in [7, 11) is 0. The van der Waals surface area contributed by atoms with E-state index in [1.165, 1.54) is 12.8 Å². The Morgan fingerprint density at radius 2 is 2.00 bits per heavy atom. The summed E-state index contributed by atoms with van der Waals surface area (Å²) in [6, 6.07) is 6.58. The summed E-state index contributed by atoms with van der Waals surface area (Å²) < 4.78 is 5.62. The van der Waals surface area contributed by atoms with Gasteiger partial charge in [-0.15, -0.1) is 10.2 Å². The Bertz CT molecular complexity index is 977. The van der Waals surface area contributed by atoms with Gasteiger partial charge in [0.05, 0.1) is 16.8 Å². The highest BCUT2D eigenvalue weighted by Gasteiger charge is 2.52. The van der Waals surface area contributed by atoms with Crippen molar-refractivity contribution >= 4 is 33.8 Å². The molecule has 7 nitrogen and oxygen atoms in total. The standard InChI is InChI=1S/C24H32N4O3S/c1-15(2)14-28(18-7-11-31-12-8-18)20-6-5-17(24(9-10-24)22(29)30)13-19(20)25-23-27-26-21(32-23)16-3-4-16/h5-6,13,15-16,18H,3-4,7-12,14H2,1-2H3,(H,25,27)(H,29,30). The Kier molecular flexibility index (Phi) is 5.84. The molecule has 2 aromatic rings. The van der Waals surface area contributed by atoms with Crippen LogP contribution in [0.25, 0.3) is 0 Å². The molecule has 1 aliphatic heterocycles. The van der Waals surface area contributed by atoms with E-state index < -0.39 is 11.4 Å². The van der Waals surface area contributed by atoms with Crippen molar-refractivity contribution < 1.29 is 14.6 Å². The SMILES string of the molecule is CC(C)CN(c1ccc(C2(C(=O)O)CC2)cc1Nc1nnc(C2CC2)s1)C1CCOCC1. The zero-order valence-electron chi connectivity index (χ0n) is 18.8. The number of aromatic nitrogens is 2. The summed E-state index contributed by atoms with van der Waals surface area (Å²) in [5.74, 6) is 0.337. The third-order valence-electron chi connectivity index (χ3n) is 6.82. The molecule has 0 bridgehead atoms. The lowest BCUT2D eigenvalue weighted by Crippen LogP contribution is -2.42. The summed E-state index contributed by atoms with van der Waals surface area (Å²) >= 11 is 1.62. The molecule has 5 rings (SSSR count). The van der Waals surface area contributed by atoms with Crippen LogP contribution < -0.4 is 10.2 Å². The Balaban J connectivity index is 1.52. The van der Waals surface area contributed by atoms with Gasteiger partial charge in [0.25, 0.3) is 0 Å². The van der Waals surface area contributed by atoms with Crippen molar-refractivity contribution in [3.8, 4) is 0 Å². The van der Waals surface area contributed by atoms with Gasteiger partial charge in [-0.25, -0.2) is 0 Å². The Labute approximate surface area is 193 Å². The van der Waals surface area contributed by atoms with Crippen LogP contribution in [-0.2, 0) is 14.9 Å². The van der Waals surface area contributed by atoms with Gasteiger partial charge >= 0.3 is 5.97 Å². The van der Waals surface area contributed by atoms with E-state index in [2.05, 4.69) is 40.3 Å². The minimum absolute atomic E-state index is 0.406. The van der Waals surface area contributed by atoms with Gasteiger partial charge in [0.15, 0.2) is 0 Å². The summed E-state index contributed by atoms with van der Waals surface area (Å²) in [4.78, 5) is 14.5. The fourth-order valence-corrected chi connectivity index (χ4v) is 5.59. The van der Waals surface area contributed by atoms with Gasteiger partial charge in [-0.3, -0.25) is 4.79 Å². The normalized spacial score (nSPS) is 20.3. The van der Waals surface area contributed by atoms with E-state index >= 15 is 0 Å². The summed E-state index contributed by atoms with van der Waals surface area (Å²) in [5, 5.41) is 24.0. The van der Waals surface area contributed by atoms with Crippen molar-refractivity contribution in [1.29, 1.82) is 0 Å². The summed E-state index contributed by atoms with van der Waals surface area (Å²) in [6.07, 6.45) is 5.78. The van der Waals surface area contributed by atoms with Crippen LogP contribution in [0.5, 0.6) is 0 Å². The van der Waals surface area contributed by atoms with Crippen molar-refractivity contribution in [3.63, 3.8) is 0 Å². The minimum Gasteiger partial charge on any atom is -0.481 e. The predicted molar refractivity (Wildman–Crippen MR) is 126 cm³/mol. The molecule has 0 spiro atoms. The van der Waals surface area contributed by atoms with Gasteiger partial charge in [-0.05, 0) is 62.1 Å². The first kappa shape index (κ1) is 21.6. The van der Waals surface area contributed by atoms with Gasteiger partial charge < -0.3 is 20.1 Å². The minimum atomic E-state index is -0.739. The molecule has 0 radical (unpaired) electrons. The Morgan fingerprint density at radius 1 is 1.25 bits per heavy atom. The Morgan fingerprint density at radius 3 is 2.62 bits per heavy atom. The van der Waals surface area contributed by atoms with Gasteiger partial charge in [-0.1, -0.05) is 31.3 Å². The Hall–Kier alpha value is -2.19. The van der Waals surface area contributed by atoms with E-state index in [-0.39, 0.29) is 0 Å². The van der Waals surface area contributed by atoms with Crippen LogP contribution in [-0.4, -0.2) is 47.1 Å². The average Bonchev–Trinajstić information content (AvgIpc) is 3.71. The molecular weight excluding hydrogens is 424 g/mol. The number of ether oxygens (including phenoxy) is 1. The fourth-order valence-electron chi connectivity index (χ4n) is 4.67. The molecule has 0 atom stereocenters. The zero-order valence-corrected chi connectivity index (χ0v) is 19.7. The molecule has 3 aliphatic rings. The number of nitrogens with zero attached hydrogens (tertiary/aromatic N) is 3. The van der Waals surface area contributed by atoms with Crippen molar-refractivity contribution in [2.45, 2.75) is 69.7 Å². The van der Waals surface area contributed by atoms with Crippen LogP contribution in [0.1, 0.15) is 68.9 Å². The molecule has 3 fully saturated rings. The molecule has 2 N–H and O–H groups in total. The number of anilines is 3. The van der Waals surface area contributed by atoms with E-state index in [0.29, 0.717) is 30.7 Å². The highest BCUT2D eigenvalue weighted by atomic mass is 32.1. The lowest BCUT2D eigenvalue weighted by atomic mass is 9.94. The predicted octanol–water partition coefficient (Wildman–Crippen LogP) is 4.92. The van der Waals surface area contributed by atoms with E-state index in [1.807, 2.05) is 12.1 Å². The van der Waals surface area contributed by atoms with E-state index in [0.717, 1.165) is 59.7 Å². The molecule has 0 unspecified atom stereocenters. The lowest BCUT2D eigenvalue weighted by Gasteiger charge is -2.38. The molecule has 32 heavy (non-hydrogen) atoms. The molecule has 2 aliphatic carbocycles. The number of benzene rings is 1. The third kappa shape index (κ3) is 4.35. The second-order valence-electron chi connectivity index (χ2n) is 9.85. The molecule has 172 valence electrons. The van der Waals surface area contributed by atoms with Crippen LogP contribution in [0.4, 0.5) is 16.5 Å². The van der Waals surface area contributed by atoms with Gasteiger partial charge in [0.2, 0.25) is 5.13 Å². The fraction of sp³-hybridized carbons (Fsp3) is 0.625. The molecule has 8 heteroatoms. The third-order valence-corrected chi connectivity index (χ3v) is 7.82. The molecule has 2 heterocycles. The lowest BCUT2D eigenvalue weighted by molar-refractivity contribution is -0.140. The van der Waals surface area contributed by atoms with Gasteiger partial charge in [0, 0.05) is 31.7 Å². The monoisotopic (exact) mass is 456 g/mol. The van der Waals surface area contributed by atoms with Crippen molar-refractivity contribution in [2.75, 3.05) is 30.0 Å². The number of nitrogens with one attached hydrogen (secondary N) is 1. The van der Waals surface area contributed by atoms with Crippen LogP contribution in [0.2, 0.25) is 0 Å². The van der Waals surface area contributed by atoms with Crippen LogP contribution in [0, 0.1) is 5.92 Å². The smallest absolute Gasteiger partial charge is 0.314 e. The van der Waals surface area contributed by atoms with E-state index in [9.17, 15) is 9.90 Å². The highest BCUT2D eigenvalue weighted by molar-refractivity contribution is 7.15. The topological polar surface area (TPSA) is 87.6 Å². The first-order chi connectivity index (χ1) is 15.5. The number of hydrogen-bond acceptors (Lipinski definition) is 7. The quantitative estimate of drug-likeness (QED) is 0.554. The number of carboxylic acid groups (broad SMARTS) is 1. The maximum atomic E-state index is 12.0. The molecule has 0 amide bonds. The maximum absolute atomic E-state index is 12.0. The number of carbonyl (C=O) groups is 1. The van der Waals surface area contributed by atoms with E-state index in [1.54, 1.807) is 11.3 Å². The molecule has 1 saturated heterocycles. The average molecular weight is 457 g/mol. The highest BCUT2D eigenvalue weighted by Crippen LogP contribution is 2.50. The summed E-state index contributed by atoms with van der Waals surface area (Å²) in [6.45, 7) is 6.98. The molecule has 2 saturated carbocycles. The second kappa shape index (κ2) is 8.63. The van der Waals surface area contributed by atoms with Crippen molar-refractivity contribution in [1.82, 2.24) is 10.2 Å². The number of carboxylic acids is 1.